The van der Waals surface area contributed by atoms with Gasteiger partial charge in [0.05, 0.1) is 12.5 Å². The van der Waals surface area contributed by atoms with Crippen LogP contribution in [-0.4, -0.2) is 29.5 Å². The zero-order valence-electron chi connectivity index (χ0n) is 9.79. The van der Waals surface area contributed by atoms with Crippen molar-refractivity contribution in [1.82, 2.24) is 5.32 Å². The maximum Gasteiger partial charge on any atom is 0.392 e. The van der Waals surface area contributed by atoms with E-state index in [1.807, 2.05) is 0 Å². The van der Waals surface area contributed by atoms with Crippen LogP contribution in [0, 0.1) is 11.8 Å². The summed E-state index contributed by atoms with van der Waals surface area (Å²) in [5.41, 5.74) is 0. The maximum absolute atomic E-state index is 12.8. The van der Waals surface area contributed by atoms with Crippen molar-refractivity contribution in [2.75, 3.05) is 12.3 Å². The van der Waals surface area contributed by atoms with E-state index in [1.54, 1.807) is 0 Å². The monoisotopic (exact) mass is 280 g/mol. The number of carbonyl (C=O) groups is 1. The lowest BCUT2D eigenvalue weighted by molar-refractivity contribution is -0.197. The van der Waals surface area contributed by atoms with Crippen LogP contribution < -0.4 is 5.32 Å². The molecule has 1 aliphatic carbocycles. The zero-order chi connectivity index (χ0) is 13.2. The first-order chi connectivity index (χ1) is 8.48. The fraction of sp³-hybridized carbons (Fsp3) is 0.818. The summed E-state index contributed by atoms with van der Waals surface area (Å²) in [5, 5.41) is 2.99. The summed E-state index contributed by atoms with van der Waals surface area (Å²) in [5.74, 6) is -2.20. The quantitative estimate of drug-likeness (QED) is 0.802. The molecule has 0 unspecified atom stereocenters. The number of nitrogens with one attached hydrogen (secondary N) is 1. The van der Waals surface area contributed by atoms with Gasteiger partial charge in [-0.15, -0.1) is 0 Å². The van der Waals surface area contributed by atoms with Crippen LogP contribution in [0.15, 0.2) is 4.99 Å². The summed E-state index contributed by atoms with van der Waals surface area (Å²) < 4.78 is 38.5. The number of aliphatic imine (C=N–C) groups is 1. The van der Waals surface area contributed by atoms with Gasteiger partial charge >= 0.3 is 6.18 Å². The molecule has 7 heteroatoms. The first-order valence-corrected chi connectivity index (χ1v) is 7.02. The van der Waals surface area contributed by atoms with E-state index in [-0.39, 0.29) is 6.42 Å². The zero-order valence-corrected chi connectivity index (χ0v) is 10.6. The number of carbonyl (C=O) groups excluding carboxylic acids is 1. The molecule has 0 aromatic heterocycles. The van der Waals surface area contributed by atoms with Crippen LogP contribution in [0.3, 0.4) is 0 Å². The minimum atomic E-state index is -4.28. The van der Waals surface area contributed by atoms with E-state index in [1.165, 1.54) is 11.8 Å². The highest BCUT2D eigenvalue weighted by molar-refractivity contribution is 8.14. The third-order valence-corrected chi connectivity index (χ3v) is 4.23. The second-order valence-corrected chi connectivity index (χ2v) is 5.65. The number of alkyl halides is 3. The molecule has 2 atom stereocenters. The average Bonchev–Trinajstić information content (AvgIpc) is 2.80. The van der Waals surface area contributed by atoms with E-state index in [2.05, 4.69) is 10.3 Å². The Balaban J connectivity index is 2.01. The van der Waals surface area contributed by atoms with Crippen molar-refractivity contribution in [3.8, 4) is 0 Å². The van der Waals surface area contributed by atoms with E-state index in [0.717, 1.165) is 5.75 Å². The third kappa shape index (κ3) is 3.18. The van der Waals surface area contributed by atoms with Crippen LogP contribution in [0.1, 0.15) is 25.7 Å². The van der Waals surface area contributed by atoms with E-state index < -0.39 is 23.9 Å². The topological polar surface area (TPSA) is 41.5 Å². The molecule has 1 heterocycles. The standard InChI is InChI=1S/C11H15F3N2OS/c12-11(13,14)8-4-2-1-3-7(8)9(17)16-10-15-5-6-18-10/h7-8H,1-6H2,(H,15,16,17)/t7-,8+/m1/s1. The van der Waals surface area contributed by atoms with E-state index in [9.17, 15) is 18.0 Å². The van der Waals surface area contributed by atoms with Crippen molar-refractivity contribution in [2.45, 2.75) is 31.9 Å². The third-order valence-electron chi connectivity index (χ3n) is 3.34. The number of halogens is 3. The first-order valence-electron chi connectivity index (χ1n) is 6.03. The smallest absolute Gasteiger partial charge is 0.305 e. The number of rotatable bonds is 1. The van der Waals surface area contributed by atoms with Gasteiger partial charge in [0.1, 0.15) is 0 Å². The number of nitrogens with zero attached hydrogens (tertiary/aromatic N) is 1. The Kier molecular flexibility index (Phi) is 4.19. The highest BCUT2D eigenvalue weighted by Crippen LogP contribution is 2.41. The normalized spacial score (nSPS) is 28.9. The van der Waals surface area contributed by atoms with Crippen molar-refractivity contribution < 1.29 is 18.0 Å². The molecule has 1 amide bonds. The van der Waals surface area contributed by atoms with Crippen LogP contribution in [0.5, 0.6) is 0 Å². The SMILES string of the molecule is O=C(NC1=NCCS1)[C@@H]1CCCC[C@@H]1C(F)(F)F. The minimum Gasteiger partial charge on any atom is -0.305 e. The lowest BCUT2D eigenvalue weighted by Crippen LogP contribution is -2.43. The molecule has 0 aromatic rings. The number of thioether (sulfide) groups is 1. The highest BCUT2D eigenvalue weighted by Gasteiger charge is 2.48. The van der Waals surface area contributed by atoms with E-state index in [0.29, 0.717) is 31.0 Å². The van der Waals surface area contributed by atoms with Gasteiger partial charge in [0.2, 0.25) is 5.91 Å². The number of hydrogen-bond acceptors (Lipinski definition) is 3. The fourth-order valence-electron chi connectivity index (χ4n) is 2.45. The molecule has 0 radical (unpaired) electrons. The maximum atomic E-state index is 12.8. The molecule has 1 aliphatic heterocycles. The molecule has 102 valence electrons. The van der Waals surface area contributed by atoms with Crippen molar-refractivity contribution in [3.63, 3.8) is 0 Å². The van der Waals surface area contributed by atoms with Gasteiger partial charge < -0.3 is 5.32 Å². The molecular formula is C11H15F3N2OS. The summed E-state index contributed by atoms with van der Waals surface area (Å²) in [4.78, 5) is 15.9. The minimum absolute atomic E-state index is 0.0568. The second kappa shape index (κ2) is 5.50. The lowest BCUT2D eigenvalue weighted by Gasteiger charge is -2.31. The predicted octanol–water partition coefficient (Wildman–Crippen LogP) is 2.57. The van der Waals surface area contributed by atoms with Gasteiger partial charge in [-0.3, -0.25) is 9.79 Å². The molecule has 1 N–H and O–H groups in total. The van der Waals surface area contributed by atoms with Crippen molar-refractivity contribution in [2.24, 2.45) is 16.8 Å². The van der Waals surface area contributed by atoms with Crippen molar-refractivity contribution in [1.29, 1.82) is 0 Å². The molecule has 2 aliphatic rings. The molecule has 2 rings (SSSR count). The molecule has 0 bridgehead atoms. The van der Waals surface area contributed by atoms with Gasteiger partial charge in [0.15, 0.2) is 5.17 Å². The molecule has 0 aromatic carbocycles. The van der Waals surface area contributed by atoms with Gasteiger partial charge in [-0.25, -0.2) is 0 Å². The fourth-order valence-corrected chi connectivity index (χ4v) is 3.18. The van der Waals surface area contributed by atoms with Gasteiger partial charge in [-0.2, -0.15) is 13.2 Å². The average molecular weight is 280 g/mol. The van der Waals surface area contributed by atoms with E-state index >= 15 is 0 Å². The molecule has 18 heavy (non-hydrogen) atoms. The Morgan fingerprint density at radius 2 is 2.06 bits per heavy atom. The van der Waals surface area contributed by atoms with Crippen molar-refractivity contribution in [3.05, 3.63) is 0 Å². The summed E-state index contributed by atoms with van der Waals surface area (Å²) in [6.45, 7) is 0.619. The van der Waals surface area contributed by atoms with Crippen molar-refractivity contribution >= 4 is 22.8 Å². The summed E-state index contributed by atoms with van der Waals surface area (Å²) in [6, 6.07) is 0. The Morgan fingerprint density at radius 3 is 2.67 bits per heavy atom. The molecule has 0 saturated heterocycles. The number of amides is 1. The summed E-state index contributed by atoms with van der Waals surface area (Å²) in [7, 11) is 0. The van der Waals surface area contributed by atoms with Crippen LogP contribution in [0.2, 0.25) is 0 Å². The van der Waals surface area contributed by atoms with E-state index in [4.69, 9.17) is 0 Å². The lowest BCUT2D eigenvalue weighted by atomic mass is 9.78. The van der Waals surface area contributed by atoms with Crippen LogP contribution in [0.25, 0.3) is 0 Å². The Bertz CT molecular complexity index is 357. The van der Waals surface area contributed by atoms with Crippen LogP contribution >= 0.6 is 11.8 Å². The number of amidine groups is 1. The highest BCUT2D eigenvalue weighted by atomic mass is 32.2. The molecule has 3 nitrogen and oxygen atoms in total. The Labute approximate surface area is 108 Å². The largest absolute Gasteiger partial charge is 0.392 e. The molecular weight excluding hydrogens is 265 g/mol. The Hall–Kier alpha value is -0.720. The van der Waals surface area contributed by atoms with Gasteiger partial charge in [0, 0.05) is 11.7 Å². The van der Waals surface area contributed by atoms with Gasteiger partial charge in [-0.05, 0) is 12.8 Å². The Morgan fingerprint density at radius 1 is 1.33 bits per heavy atom. The first kappa shape index (κ1) is 13.7. The van der Waals surface area contributed by atoms with Crippen LogP contribution in [-0.2, 0) is 4.79 Å². The predicted molar refractivity (Wildman–Crippen MR) is 64.4 cm³/mol. The summed E-state index contributed by atoms with van der Waals surface area (Å²) >= 11 is 1.38. The van der Waals surface area contributed by atoms with Gasteiger partial charge in [0.25, 0.3) is 0 Å². The second-order valence-electron chi connectivity index (χ2n) is 4.56. The van der Waals surface area contributed by atoms with Gasteiger partial charge in [-0.1, -0.05) is 24.6 Å². The van der Waals surface area contributed by atoms with Crippen LogP contribution in [0.4, 0.5) is 13.2 Å². The summed E-state index contributed by atoms with van der Waals surface area (Å²) in [6.07, 6.45) is -2.68. The number of hydrogen-bond donors (Lipinski definition) is 1. The molecule has 0 spiro atoms. The molecule has 1 saturated carbocycles. The molecule has 1 fully saturated rings.